The fourth-order valence-electron chi connectivity index (χ4n) is 2.99. The zero-order chi connectivity index (χ0) is 14.6. The molecular weight excluding hydrogens is 272 g/mol. The molecule has 1 fully saturated rings. The maximum absolute atomic E-state index is 12.6. The van der Waals surface area contributed by atoms with Crippen LogP contribution in [0.4, 0.5) is 0 Å². The largest absolute Gasteiger partial charge is 0.348 e. The van der Waals surface area contributed by atoms with Crippen molar-refractivity contribution in [2.45, 2.75) is 51.1 Å². The average Bonchev–Trinajstić information content (AvgIpc) is 2.89. The van der Waals surface area contributed by atoms with Crippen molar-refractivity contribution < 1.29 is 4.79 Å². The van der Waals surface area contributed by atoms with E-state index in [4.69, 9.17) is 11.6 Å². The quantitative estimate of drug-likeness (QED) is 0.873. The van der Waals surface area contributed by atoms with Gasteiger partial charge in [0.15, 0.2) is 0 Å². The first-order chi connectivity index (χ1) is 9.59. The van der Waals surface area contributed by atoms with Gasteiger partial charge in [-0.05, 0) is 44.4 Å². The van der Waals surface area contributed by atoms with Crippen LogP contribution >= 0.6 is 11.6 Å². The van der Waals surface area contributed by atoms with Crippen LogP contribution in [0.2, 0.25) is 5.02 Å². The van der Waals surface area contributed by atoms with Crippen molar-refractivity contribution in [3.63, 3.8) is 0 Å². The van der Waals surface area contributed by atoms with Crippen molar-refractivity contribution >= 4 is 17.5 Å². The summed E-state index contributed by atoms with van der Waals surface area (Å²) in [6.07, 6.45) is 3.87. The standard InChI is InChI=1S/C16H23ClN2O/c1-3-9-16(10-6-11-18-16)15(20)19-12(2)13-7-4-5-8-14(13)17/h4-5,7-8,12,18H,3,6,9-11H2,1-2H3,(H,19,20)/t12-,16?/m1/s1. The lowest BCUT2D eigenvalue weighted by Crippen LogP contribution is -2.53. The monoisotopic (exact) mass is 294 g/mol. The number of hydrogen-bond acceptors (Lipinski definition) is 2. The van der Waals surface area contributed by atoms with E-state index < -0.39 is 0 Å². The van der Waals surface area contributed by atoms with Crippen LogP contribution in [0.1, 0.15) is 51.1 Å². The van der Waals surface area contributed by atoms with Crippen LogP contribution in [-0.2, 0) is 4.79 Å². The van der Waals surface area contributed by atoms with Gasteiger partial charge in [-0.25, -0.2) is 0 Å². The Hall–Kier alpha value is -1.06. The van der Waals surface area contributed by atoms with Crippen molar-refractivity contribution in [1.82, 2.24) is 10.6 Å². The van der Waals surface area contributed by atoms with Gasteiger partial charge in [-0.1, -0.05) is 43.1 Å². The number of carbonyl (C=O) groups is 1. The number of benzene rings is 1. The number of rotatable bonds is 5. The van der Waals surface area contributed by atoms with E-state index in [-0.39, 0.29) is 17.5 Å². The van der Waals surface area contributed by atoms with E-state index in [1.165, 1.54) is 0 Å². The number of carbonyl (C=O) groups excluding carboxylic acids is 1. The molecule has 1 aromatic carbocycles. The molecule has 2 N–H and O–H groups in total. The molecule has 20 heavy (non-hydrogen) atoms. The second-order valence-corrected chi connectivity index (χ2v) is 5.99. The molecule has 0 spiro atoms. The molecule has 1 unspecified atom stereocenters. The Labute approximate surface area is 126 Å². The number of hydrogen-bond donors (Lipinski definition) is 2. The lowest BCUT2D eigenvalue weighted by atomic mass is 9.90. The first-order valence-electron chi connectivity index (χ1n) is 7.39. The van der Waals surface area contributed by atoms with Gasteiger partial charge < -0.3 is 10.6 Å². The molecule has 2 rings (SSSR count). The third kappa shape index (κ3) is 3.15. The normalized spacial score (nSPS) is 23.6. The predicted molar refractivity (Wildman–Crippen MR) is 82.9 cm³/mol. The molecule has 0 saturated carbocycles. The smallest absolute Gasteiger partial charge is 0.240 e. The van der Waals surface area contributed by atoms with Crippen molar-refractivity contribution in [3.8, 4) is 0 Å². The summed E-state index contributed by atoms with van der Waals surface area (Å²) >= 11 is 6.19. The molecular formula is C16H23ClN2O. The van der Waals surface area contributed by atoms with E-state index in [2.05, 4.69) is 17.6 Å². The van der Waals surface area contributed by atoms with E-state index in [9.17, 15) is 4.79 Å². The highest BCUT2D eigenvalue weighted by molar-refractivity contribution is 6.31. The van der Waals surface area contributed by atoms with Crippen LogP contribution in [0.15, 0.2) is 24.3 Å². The lowest BCUT2D eigenvalue weighted by Gasteiger charge is -2.30. The van der Waals surface area contributed by atoms with Gasteiger partial charge >= 0.3 is 0 Å². The molecule has 2 atom stereocenters. The SMILES string of the molecule is CCCC1(C(=O)N[C@H](C)c2ccccc2Cl)CCCN1. The number of halogens is 1. The molecule has 0 radical (unpaired) electrons. The first kappa shape index (κ1) is 15.3. The third-order valence-electron chi connectivity index (χ3n) is 4.07. The third-order valence-corrected chi connectivity index (χ3v) is 4.42. The summed E-state index contributed by atoms with van der Waals surface area (Å²) in [5.74, 6) is 0.101. The highest BCUT2D eigenvalue weighted by Gasteiger charge is 2.40. The van der Waals surface area contributed by atoms with E-state index in [0.29, 0.717) is 5.02 Å². The summed E-state index contributed by atoms with van der Waals surface area (Å²) in [4.78, 5) is 12.6. The van der Waals surface area contributed by atoms with Gasteiger partial charge in [-0.3, -0.25) is 4.79 Å². The molecule has 110 valence electrons. The summed E-state index contributed by atoms with van der Waals surface area (Å²) in [5.41, 5.74) is 0.580. The minimum atomic E-state index is -0.385. The molecule has 0 aliphatic carbocycles. The number of amides is 1. The van der Waals surface area contributed by atoms with Crippen LogP contribution in [0.5, 0.6) is 0 Å². The summed E-state index contributed by atoms with van der Waals surface area (Å²) in [6.45, 7) is 5.02. The summed E-state index contributed by atoms with van der Waals surface area (Å²) in [6, 6.07) is 7.58. The zero-order valence-corrected chi connectivity index (χ0v) is 13.0. The van der Waals surface area contributed by atoms with E-state index in [1.54, 1.807) is 0 Å². The summed E-state index contributed by atoms with van der Waals surface area (Å²) in [5, 5.41) is 7.21. The molecule has 3 nitrogen and oxygen atoms in total. The zero-order valence-electron chi connectivity index (χ0n) is 12.2. The number of nitrogens with one attached hydrogen (secondary N) is 2. The van der Waals surface area contributed by atoms with Crippen molar-refractivity contribution in [2.24, 2.45) is 0 Å². The van der Waals surface area contributed by atoms with Crippen LogP contribution in [0, 0.1) is 0 Å². The van der Waals surface area contributed by atoms with Crippen LogP contribution in [0.25, 0.3) is 0 Å². The van der Waals surface area contributed by atoms with Crippen molar-refractivity contribution in [2.75, 3.05) is 6.54 Å². The molecule has 1 aromatic rings. The van der Waals surface area contributed by atoms with E-state index >= 15 is 0 Å². The Morgan fingerprint density at radius 3 is 2.85 bits per heavy atom. The van der Waals surface area contributed by atoms with Gasteiger partial charge in [-0.15, -0.1) is 0 Å². The van der Waals surface area contributed by atoms with Crippen LogP contribution in [-0.4, -0.2) is 18.0 Å². The maximum atomic E-state index is 12.6. The minimum Gasteiger partial charge on any atom is -0.348 e. The predicted octanol–water partition coefficient (Wildman–Crippen LogP) is 3.44. The van der Waals surface area contributed by atoms with Crippen LogP contribution < -0.4 is 10.6 Å². The fourth-order valence-corrected chi connectivity index (χ4v) is 3.29. The van der Waals surface area contributed by atoms with Gasteiger partial charge in [0.1, 0.15) is 0 Å². The van der Waals surface area contributed by atoms with Crippen molar-refractivity contribution in [3.05, 3.63) is 34.9 Å². The van der Waals surface area contributed by atoms with Gasteiger partial charge in [0.25, 0.3) is 0 Å². The van der Waals surface area contributed by atoms with Gasteiger partial charge in [0.05, 0.1) is 11.6 Å². The first-order valence-corrected chi connectivity index (χ1v) is 7.77. The Morgan fingerprint density at radius 1 is 1.50 bits per heavy atom. The molecule has 0 bridgehead atoms. The second kappa shape index (κ2) is 6.59. The molecule has 0 aromatic heterocycles. The Balaban J connectivity index is 2.08. The van der Waals surface area contributed by atoms with Crippen molar-refractivity contribution in [1.29, 1.82) is 0 Å². The van der Waals surface area contributed by atoms with Gasteiger partial charge in [-0.2, -0.15) is 0 Å². The molecule has 1 aliphatic rings. The topological polar surface area (TPSA) is 41.1 Å². The maximum Gasteiger partial charge on any atom is 0.240 e. The molecule has 1 amide bonds. The highest BCUT2D eigenvalue weighted by Crippen LogP contribution is 2.27. The van der Waals surface area contributed by atoms with Gasteiger partial charge in [0, 0.05) is 5.02 Å². The summed E-state index contributed by atoms with van der Waals surface area (Å²) in [7, 11) is 0. The molecule has 1 saturated heterocycles. The van der Waals surface area contributed by atoms with Gasteiger partial charge in [0.2, 0.25) is 5.91 Å². The Morgan fingerprint density at radius 2 is 2.25 bits per heavy atom. The lowest BCUT2D eigenvalue weighted by molar-refractivity contribution is -0.128. The Kier molecular flexibility index (Phi) is 5.06. The van der Waals surface area contributed by atoms with E-state index in [1.807, 2.05) is 31.2 Å². The molecule has 1 aliphatic heterocycles. The summed E-state index contributed by atoms with van der Waals surface area (Å²) < 4.78 is 0. The minimum absolute atomic E-state index is 0.0765. The van der Waals surface area contributed by atoms with E-state index in [0.717, 1.165) is 37.8 Å². The Bertz CT molecular complexity index is 469. The van der Waals surface area contributed by atoms with Crippen LogP contribution in [0.3, 0.4) is 0 Å². The average molecular weight is 295 g/mol. The highest BCUT2D eigenvalue weighted by atomic mass is 35.5. The molecule has 1 heterocycles. The molecule has 4 heteroatoms. The fraction of sp³-hybridized carbons (Fsp3) is 0.562. The second-order valence-electron chi connectivity index (χ2n) is 5.58.